The van der Waals surface area contributed by atoms with Crippen LogP contribution in [0.1, 0.15) is 47.5 Å². The Morgan fingerprint density at radius 3 is 2.33 bits per heavy atom. The lowest BCUT2D eigenvalue weighted by Gasteiger charge is -2.27. The molecule has 0 rings (SSSR count). The largest absolute Gasteiger partial charge is 0.444 e. The van der Waals surface area contributed by atoms with E-state index in [2.05, 4.69) is 5.32 Å². The maximum atomic E-state index is 11.6. The lowest BCUT2D eigenvalue weighted by Crippen LogP contribution is -2.46. The van der Waals surface area contributed by atoms with E-state index in [-0.39, 0.29) is 6.42 Å². The molecule has 0 spiro atoms. The molecule has 0 bridgehead atoms. The monoisotopic (exact) mass is 259 g/mol. The molecular formula is C13H25NO4. The van der Waals surface area contributed by atoms with Crippen molar-refractivity contribution < 1.29 is 19.4 Å². The van der Waals surface area contributed by atoms with E-state index in [9.17, 15) is 14.7 Å². The highest BCUT2D eigenvalue weighted by atomic mass is 16.6. The van der Waals surface area contributed by atoms with Crippen LogP contribution in [0.4, 0.5) is 4.79 Å². The number of aliphatic hydroxyl groups is 1. The van der Waals surface area contributed by atoms with Gasteiger partial charge in [-0.05, 0) is 33.1 Å². The number of amides is 1. The van der Waals surface area contributed by atoms with Crippen molar-refractivity contribution in [2.45, 2.75) is 65.2 Å². The van der Waals surface area contributed by atoms with Gasteiger partial charge in [0.05, 0.1) is 12.1 Å². The molecule has 18 heavy (non-hydrogen) atoms. The molecule has 2 N–H and O–H groups in total. The number of nitrogens with one attached hydrogen (secondary N) is 1. The number of aldehydes is 1. The summed E-state index contributed by atoms with van der Waals surface area (Å²) in [6.07, 6.45) is -0.202. The SMILES string of the molecule is CC(C)C[C@H](NC(=O)OC(C)(C)C)[C@@H](O)CC=O. The molecule has 0 saturated carbocycles. The van der Waals surface area contributed by atoms with E-state index in [1.165, 1.54) is 0 Å². The lowest BCUT2D eigenvalue weighted by atomic mass is 9.98. The summed E-state index contributed by atoms with van der Waals surface area (Å²) >= 11 is 0. The summed E-state index contributed by atoms with van der Waals surface area (Å²) in [5.74, 6) is 0.297. The first kappa shape index (κ1) is 16.9. The van der Waals surface area contributed by atoms with Crippen LogP contribution in [0.15, 0.2) is 0 Å². The molecular weight excluding hydrogens is 234 g/mol. The van der Waals surface area contributed by atoms with E-state index < -0.39 is 23.8 Å². The first-order valence-corrected chi connectivity index (χ1v) is 6.27. The van der Waals surface area contributed by atoms with Gasteiger partial charge < -0.3 is 20.0 Å². The van der Waals surface area contributed by atoms with Crippen molar-refractivity contribution in [1.29, 1.82) is 0 Å². The summed E-state index contributed by atoms with van der Waals surface area (Å²) in [7, 11) is 0. The number of hydrogen-bond donors (Lipinski definition) is 2. The lowest BCUT2D eigenvalue weighted by molar-refractivity contribution is -0.110. The molecule has 0 aromatic carbocycles. The summed E-state index contributed by atoms with van der Waals surface area (Å²) in [4.78, 5) is 22.0. The zero-order valence-electron chi connectivity index (χ0n) is 11.9. The summed E-state index contributed by atoms with van der Waals surface area (Å²) in [6.45, 7) is 9.28. The third-order valence-electron chi connectivity index (χ3n) is 2.23. The topological polar surface area (TPSA) is 75.6 Å². The number of carbonyl (C=O) groups excluding carboxylic acids is 2. The quantitative estimate of drug-likeness (QED) is 0.714. The minimum atomic E-state index is -0.877. The fourth-order valence-corrected chi connectivity index (χ4v) is 1.54. The maximum absolute atomic E-state index is 11.6. The van der Waals surface area contributed by atoms with E-state index in [0.717, 1.165) is 0 Å². The number of ether oxygens (including phenoxy) is 1. The second kappa shape index (κ2) is 7.36. The molecule has 5 heteroatoms. The van der Waals surface area contributed by atoms with Gasteiger partial charge in [-0.15, -0.1) is 0 Å². The van der Waals surface area contributed by atoms with Crippen LogP contribution in [-0.2, 0) is 9.53 Å². The molecule has 0 heterocycles. The van der Waals surface area contributed by atoms with E-state index in [4.69, 9.17) is 4.74 Å². The first-order chi connectivity index (χ1) is 8.15. The summed E-state index contributed by atoms with van der Waals surface area (Å²) in [6, 6.07) is -0.468. The van der Waals surface area contributed by atoms with Gasteiger partial charge >= 0.3 is 6.09 Å². The molecule has 0 aliphatic rings. The molecule has 0 fully saturated rings. The first-order valence-electron chi connectivity index (χ1n) is 6.27. The molecule has 106 valence electrons. The molecule has 0 radical (unpaired) electrons. The van der Waals surface area contributed by atoms with Gasteiger partial charge in [0.25, 0.3) is 0 Å². The van der Waals surface area contributed by atoms with Gasteiger partial charge in [0.15, 0.2) is 0 Å². The highest BCUT2D eigenvalue weighted by Crippen LogP contribution is 2.12. The highest BCUT2D eigenvalue weighted by Gasteiger charge is 2.24. The van der Waals surface area contributed by atoms with Crippen LogP contribution >= 0.6 is 0 Å². The summed E-state index contributed by atoms with van der Waals surface area (Å²) in [5, 5.41) is 12.4. The van der Waals surface area contributed by atoms with Crippen LogP contribution in [0.25, 0.3) is 0 Å². The predicted molar refractivity (Wildman–Crippen MR) is 69.3 cm³/mol. The standard InChI is InChI=1S/C13H25NO4/c1-9(2)8-10(11(16)6-7-15)14-12(17)18-13(3,4)5/h7,9-11,16H,6,8H2,1-5H3,(H,14,17)/t10-,11-/m0/s1. The van der Waals surface area contributed by atoms with E-state index in [1.807, 2.05) is 13.8 Å². The Kier molecular flexibility index (Phi) is 6.91. The van der Waals surface area contributed by atoms with E-state index >= 15 is 0 Å². The van der Waals surface area contributed by atoms with Crippen molar-refractivity contribution in [2.24, 2.45) is 5.92 Å². The smallest absolute Gasteiger partial charge is 0.407 e. The minimum absolute atomic E-state index is 0.00713. The van der Waals surface area contributed by atoms with Gasteiger partial charge in [-0.1, -0.05) is 13.8 Å². The Labute approximate surface area is 109 Å². The van der Waals surface area contributed by atoms with Gasteiger partial charge in [-0.2, -0.15) is 0 Å². The van der Waals surface area contributed by atoms with Crippen LogP contribution in [0.5, 0.6) is 0 Å². The van der Waals surface area contributed by atoms with Crippen molar-refractivity contribution >= 4 is 12.4 Å². The van der Waals surface area contributed by atoms with Crippen molar-refractivity contribution in [1.82, 2.24) is 5.32 Å². The number of carbonyl (C=O) groups is 2. The summed E-state index contributed by atoms with van der Waals surface area (Å²) < 4.78 is 5.13. The number of rotatable bonds is 6. The van der Waals surface area contributed by atoms with E-state index in [1.54, 1.807) is 20.8 Å². The zero-order valence-corrected chi connectivity index (χ0v) is 11.9. The predicted octanol–water partition coefficient (Wildman–Crippen LogP) is 1.88. The van der Waals surface area contributed by atoms with Crippen molar-refractivity contribution in [3.63, 3.8) is 0 Å². The van der Waals surface area contributed by atoms with Gasteiger partial charge in [0.1, 0.15) is 11.9 Å². The Bertz CT molecular complexity index is 271. The molecule has 5 nitrogen and oxygen atoms in total. The van der Waals surface area contributed by atoms with Gasteiger partial charge in [0, 0.05) is 6.42 Å². The highest BCUT2D eigenvalue weighted by molar-refractivity contribution is 5.68. The van der Waals surface area contributed by atoms with Gasteiger partial charge in [-0.3, -0.25) is 0 Å². The molecule has 0 saturated heterocycles. The van der Waals surface area contributed by atoms with Crippen LogP contribution in [0.2, 0.25) is 0 Å². The van der Waals surface area contributed by atoms with Crippen LogP contribution < -0.4 is 5.32 Å². The van der Waals surface area contributed by atoms with Crippen molar-refractivity contribution in [3.05, 3.63) is 0 Å². The molecule has 2 atom stereocenters. The zero-order chi connectivity index (χ0) is 14.3. The second-order valence-electron chi connectivity index (χ2n) is 5.85. The molecule has 1 amide bonds. The summed E-state index contributed by atoms with van der Waals surface area (Å²) in [5.41, 5.74) is -0.581. The Hall–Kier alpha value is -1.10. The van der Waals surface area contributed by atoms with Crippen LogP contribution in [0, 0.1) is 5.92 Å². The van der Waals surface area contributed by atoms with Crippen molar-refractivity contribution in [3.8, 4) is 0 Å². The van der Waals surface area contributed by atoms with Crippen LogP contribution in [0.3, 0.4) is 0 Å². The molecule has 0 aromatic heterocycles. The molecule has 0 aliphatic carbocycles. The average molecular weight is 259 g/mol. The third kappa shape index (κ3) is 8.06. The van der Waals surface area contributed by atoms with Gasteiger partial charge in [-0.25, -0.2) is 4.79 Å². The van der Waals surface area contributed by atoms with Crippen LogP contribution in [-0.4, -0.2) is 35.2 Å². The number of alkyl carbamates (subject to hydrolysis) is 1. The fourth-order valence-electron chi connectivity index (χ4n) is 1.54. The number of hydrogen-bond acceptors (Lipinski definition) is 4. The van der Waals surface area contributed by atoms with E-state index in [0.29, 0.717) is 18.6 Å². The maximum Gasteiger partial charge on any atom is 0.407 e. The Morgan fingerprint density at radius 1 is 1.39 bits per heavy atom. The molecule has 0 aliphatic heterocycles. The number of aliphatic hydroxyl groups excluding tert-OH is 1. The fraction of sp³-hybridized carbons (Fsp3) is 0.846. The Balaban J connectivity index is 4.48. The third-order valence-corrected chi connectivity index (χ3v) is 2.23. The molecule has 0 unspecified atom stereocenters. The minimum Gasteiger partial charge on any atom is -0.444 e. The molecule has 0 aromatic rings. The second-order valence-corrected chi connectivity index (χ2v) is 5.85. The average Bonchev–Trinajstić information content (AvgIpc) is 2.13. The van der Waals surface area contributed by atoms with Crippen molar-refractivity contribution in [2.75, 3.05) is 0 Å². The normalized spacial score (nSPS) is 15.1. The Morgan fingerprint density at radius 2 is 1.94 bits per heavy atom. The van der Waals surface area contributed by atoms with Gasteiger partial charge in [0.2, 0.25) is 0 Å².